The minimum Gasteiger partial charge on any atom is -0.440 e. The van der Waals surface area contributed by atoms with Crippen molar-refractivity contribution in [2.75, 3.05) is 11.9 Å². The molecule has 0 atom stereocenters. The Morgan fingerprint density at radius 3 is 2.43 bits per heavy atom. The number of anilines is 3. The van der Waals surface area contributed by atoms with E-state index >= 15 is 0 Å². The molecule has 2 aromatic carbocycles. The van der Waals surface area contributed by atoms with Gasteiger partial charge in [-0.05, 0) is 42.0 Å². The van der Waals surface area contributed by atoms with Crippen molar-refractivity contribution in [3.05, 3.63) is 83.2 Å². The third-order valence-corrected chi connectivity index (χ3v) is 6.18. The Hall–Kier alpha value is -3.38. The van der Waals surface area contributed by atoms with Crippen molar-refractivity contribution < 1.29 is 9.21 Å². The lowest BCUT2D eigenvalue weighted by Gasteiger charge is -2.38. The number of benzene rings is 2. The molecule has 1 fully saturated rings. The van der Waals surface area contributed by atoms with Crippen molar-refractivity contribution in [2.24, 2.45) is 0 Å². The summed E-state index contributed by atoms with van der Waals surface area (Å²) in [6.07, 6.45) is 1.72. The molecule has 3 aromatic rings. The van der Waals surface area contributed by atoms with Gasteiger partial charge in [0, 0.05) is 29.8 Å². The molecule has 5 rings (SSSR count). The third kappa shape index (κ3) is 2.68. The van der Waals surface area contributed by atoms with E-state index in [1.807, 2.05) is 30.3 Å². The molecular formula is C24H21N3O2S. The van der Waals surface area contributed by atoms with Gasteiger partial charge in [-0.3, -0.25) is 14.6 Å². The molecule has 3 heterocycles. The molecule has 0 spiro atoms. The number of hydrogen-bond acceptors (Lipinski definition) is 4. The summed E-state index contributed by atoms with van der Waals surface area (Å²) in [5, 5.41) is 3.35. The van der Waals surface area contributed by atoms with E-state index in [2.05, 4.69) is 54.4 Å². The van der Waals surface area contributed by atoms with E-state index in [-0.39, 0.29) is 11.3 Å². The van der Waals surface area contributed by atoms with Crippen LogP contribution in [0.25, 0.3) is 6.08 Å². The van der Waals surface area contributed by atoms with Crippen LogP contribution in [0.2, 0.25) is 0 Å². The molecule has 150 valence electrons. The first kappa shape index (κ1) is 18.6. The van der Waals surface area contributed by atoms with Crippen LogP contribution in [0.5, 0.6) is 0 Å². The average molecular weight is 416 g/mol. The summed E-state index contributed by atoms with van der Waals surface area (Å²) >= 11 is 5.18. The fraction of sp³-hybridized carbons (Fsp3) is 0.167. The van der Waals surface area contributed by atoms with Crippen LogP contribution in [0.1, 0.15) is 30.7 Å². The molecule has 1 saturated heterocycles. The number of carbonyl (C=O) groups is 1. The minimum absolute atomic E-state index is 0.170. The Kier molecular flexibility index (Phi) is 4.08. The lowest BCUT2D eigenvalue weighted by atomic mass is 9.75. The molecule has 2 aliphatic rings. The highest BCUT2D eigenvalue weighted by Crippen LogP contribution is 2.52. The van der Waals surface area contributed by atoms with E-state index in [4.69, 9.17) is 16.6 Å². The van der Waals surface area contributed by atoms with Crippen molar-refractivity contribution in [1.82, 2.24) is 10.2 Å². The maximum absolute atomic E-state index is 12.4. The second kappa shape index (κ2) is 6.57. The summed E-state index contributed by atoms with van der Waals surface area (Å²) in [6.45, 7) is 4.39. The first-order chi connectivity index (χ1) is 14.4. The van der Waals surface area contributed by atoms with Gasteiger partial charge in [0.05, 0.1) is 5.69 Å². The molecule has 0 bridgehead atoms. The van der Waals surface area contributed by atoms with E-state index in [1.54, 1.807) is 13.1 Å². The van der Waals surface area contributed by atoms with Gasteiger partial charge in [-0.15, -0.1) is 0 Å². The standard InChI is InChI=1S/C24H21N3O2S/c1-24(2)17-11-7-8-12-20(17)27(15-9-5-4-6-10-15)22-18(24)13-16(29-22)14-19-21(28)26(3)23(30)25-19/h4-14H,1-3H3,(H,25,30)/b19-14+. The molecule has 0 saturated carbocycles. The smallest absolute Gasteiger partial charge is 0.276 e. The predicted molar refractivity (Wildman–Crippen MR) is 122 cm³/mol. The van der Waals surface area contributed by atoms with Gasteiger partial charge in [-0.25, -0.2) is 0 Å². The normalized spacial score (nSPS) is 18.4. The second-order valence-electron chi connectivity index (χ2n) is 8.03. The Morgan fingerprint density at radius 2 is 1.73 bits per heavy atom. The van der Waals surface area contributed by atoms with Crippen molar-refractivity contribution in [3.8, 4) is 0 Å². The number of furan rings is 1. The van der Waals surface area contributed by atoms with Crippen LogP contribution in [0.3, 0.4) is 0 Å². The number of amides is 1. The minimum atomic E-state index is -0.253. The molecule has 5 nitrogen and oxygen atoms in total. The summed E-state index contributed by atoms with van der Waals surface area (Å²) in [4.78, 5) is 16.0. The summed E-state index contributed by atoms with van der Waals surface area (Å²) < 4.78 is 6.34. The maximum Gasteiger partial charge on any atom is 0.276 e. The Morgan fingerprint density at radius 1 is 1.03 bits per heavy atom. The Bertz CT molecular complexity index is 1210. The zero-order valence-corrected chi connectivity index (χ0v) is 17.8. The maximum atomic E-state index is 12.4. The highest BCUT2D eigenvalue weighted by molar-refractivity contribution is 7.80. The molecule has 0 unspecified atom stereocenters. The van der Waals surface area contributed by atoms with Crippen LogP contribution in [0.4, 0.5) is 17.3 Å². The molecule has 2 aliphatic heterocycles. The molecule has 1 amide bonds. The van der Waals surface area contributed by atoms with E-state index in [0.29, 0.717) is 16.6 Å². The monoisotopic (exact) mass is 415 g/mol. The first-order valence-corrected chi connectivity index (χ1v) is 10.2. The summed E-state index contributed by atoms with van der Waals surface area (Å²) in [5.41, 5.74) is 4.55. The third-order valence-electron chi connectivity index (χ3n) is 5.81. The van der Waals surface area contributed by atoms with Crippen LogP contribution < -0.4 is 10.2 Å². The van der Waals surface area contributed by atoms with Crippen molar-refractivity contribution >= 4 is 46.6 Å². The van der Waals surface area contributed by atoms with Gasteiger partial charge >= 0.3 is 0 Å². The van der Waals surface area contributed by atoms with Crippen molar-refractivity contribution in [3.63, 3.8) is 0 Å². The zero-order chi connectivity index (χ0) is 21.0. The van der Waals surface area contributed by atoms with E-state index in [1.165, 1.54) is 10.5 Å². The lowest BCUT2D eigenvalue weighted by Crippen LogP contribution is -2.29. The van der Waals surface area contributed by atoms with Crippen LogP contribution in [-0.4, -0.2) is 23.0 Å². The van der Waals surface area contributed by atoms with Crippen molar-refractivity contribution in [1.29, 1.82) is 0 Å². The number of hydrogen-bond donors (Lipinski definition) is 1. The second-order valence-corrected chi connectivity index (χ2v) is 8.42. The molecule has 0 radical (unpaired) electrons. The molecule has 30 heavy (non-hydrogen) atoms. The largest absolute Gasteiger partial charge is 0.440 e. The number of rotatable bonds is 2. The summed E-state index contributed by atoms with van der Waals surface area (Å²) in [5.74, 6) is 1.20. The Balaban J connectivity index is 1.69. The van der Waals surface area contributed by atoms with Crippen LogP contribution in [0, 0.1) is 0 Å². The predicted octanol–water partition coefficient (Wildman–Crippen LogP) is 5.08. The first-order valence-electron chi connectivity index (χ1n) is 9.77. The number of para-hydroxylation sites is 2. The van der Waals surface area contributed by atoms with Gasteiger partial charge in [0.2, 0.25) is 5.88 Å². The van der Waals surface area contributed by atoms with Gasteiger partial charge in [0.1, 0.15) is 11.5 Å². The quantitative estimate of drug-likeness (QED) is 0.467. The lowest BCUT2D eigenvalue weighted by molar-refractivity contribution is -0.121. The topological polar surface area (TPSA) is 48.7 Å². The molecule has 1 N–H and O–H groups in total. The number of carbonyl (C=O) groups excluding carboxylic acids is 1. The summed E-state index contributed by atoms with van der Waals surface area (Å²) in [7, 11) is 1.66. The molecular weight excluding hydrogens is 394 g/mol. The summed E-state index contributed by atoms with van der Waals surface area (Å²) in [6, 6.07) is 20.6. The Labute approximate surface area is 180 Å². The van der Waals surface area contributed by atoms with Crippen molar-refractivity contribution in [2.45, 2.75) is 19.3 Å². The molecule has 6 heteroatoms. The fourth-order valence-electron chi connectivity index (χ4n) is 4.14. The van der Waals surface area contributed by atoms with E-state index in [9.17, 15) is 4.79 Å². The average Bonchev–Trinajstić information content (AvgIpc) is 3.27. The number of thiocarbonyl (C=S) groups is 1. The van der Waals surface area contributed by atoms with Gasteiger partial charge in [0.25, 0.3) is 5.91 Å². The van der Waals surface area contributed by atoms with Crippen LogP contribution in [0.15, 0.2) is 70.8 Å². The highest BCUT2D eigenvalue weighted by atomic mass is 32.1. The van der Waals surface area contributed by atoms with E-state index < -0.39 is 0 Å². The highest BCUT2D eigenvalue weighted by Gasteiger charge is 2.40. The number of nitrogens with zero attached hydrogens (tertiary/aromatic N) is 2. The molecule has 1 aromatic heterocycles. The molecule has 0 aliphatic carbocycles. The number of fused-ring (bicyclic) bond motifs is 2. The van der Waals surface area contributed by atoms with E-state index in [0.717, 1.165) is 22.8 Å². The number of nitrogens with one attached hydrogen (secondary N) is 1. The van der Waals surface area contributed by atoms with Gasteiger partial charge < -0.3 is 9.73 Å². The zero-order valence-electron chi connectivity index (χ0n) is 17.0. The van der Waals surface area contributed by atoms with Crippen LogP contribution >= 0.6 is 12.2 Å². The van der Waals surface area contributed by atoms with Gasteiger partial charge in [0.15, 0.2) is 5.11 Å². The number of likely N-dealkylation sites (N-methyl/N-ethyl adjacent to an activating group) is 1. The van der Waals surface area contributed by atoms with Gasteiger partial charge in [-0.1, -0.05) is 50.2 Å². The fourth-order valence-corrected chi connectivity index (χ4v) is 4.33. The SMILES string of the molecule is CN1C(=O)/C(=C\c2cc3c(o2)N(c2ccccc2)c2ccccc2C3(C)C)NC1=S. The van der Waals surface area contributed by atoms with Crippen LogP contribution in [-0.2, 0) is 10.2 Å². The van der Waals surface area contributed by atoms with Gasteiger partial charge in [-0.2, -0.15) is 0 Å².